The van der Waals surface area contributed by atoms with Crippen LogP contribution in [0.4, 0.5) is 0 Å². The van der Waals surface area contributed by atoms with E-state index in [1.54, 1.807) is 18.1 Å². The van der Waals surface area contributed by atoms with Crippen molar-refractivity contribution >= 4 is 5.91 Å². The molecule has 0 N–H and O–H groups in total. The van der Waals surface area contributed by atoms with Crippen LogP contribution in [0.15, 0.2) is 43.1 Å². The highest BCUT2D eigenvalue weighted by atomic mass is 16.5. The number of aromatic nitrogens is 5. The molecule has 8 nitrogen and oxygen atoms in total. The Balaban J connectivity index is 1.41. The number of rotatable bonds is 6. The van der Waals surface area contributed by atoms with Crippen molar-refractivity contribution < 1.29 is 9.53 Å². The zero-order valence-electron chi connectivity index (χ0n) is 15.9. The molecule has 0 bridgehead atoms. The molecule has 144 valence electrons. The van der Waals surface area contributed by atoms with E-state index in [-0.39, 0.29) is 11.8 Å². The topological polar surface area (TPSA) is 86.0 Å². The van der Waals surface area contributed by atoms with Crippen molar-refractivity contribution in [2.45, 2.75) is 33.0 Å². The fraction of sp³-hybridized carbons (Fsp3) is 0.350. The van der Waals surface area contributed by atoms with E-state index in [9.17, 15) is 4.79 Å². The summed E-state index contributed by atoms with van der Waals surface area (Å²) in [6.07, 6.45) is 5.59. The number of benzene rings is 1. The number of amides is 1. The minimum absolute atomic E-state index is 0.0882. The second-order valence-electron chi connectivity index (χ2n) is 7.00. The van der Waals surface area contributed by atoms with E-state index >= 15 is 0 Å². The van der Waals surface area contributed by atoms with Crippen molar-refractivity contribution in [3.05, 3.63) is 65.8 Å². The van der Waals surface area contributed by atoms with Crippen molar-refractivity contribution in [1.29, 1.82) is 0 Å². The molecule has 3 heterocycles. The lowest BCUT2D eigenvalue weighted by molar-refractivity contribution is -0.136. The van der Waals surface area contributed by atoms with Gasteiger partial charge in [0.05, 0.1) is 31.8 Å². The molecular weight excluding hydrogens is 356 g/mol. The molecule has 3 aromatic rings. The monoisotopic (exact) mass is 378 g/mol. The number of methoxy groups -OCH3 is 1. The zero-order valence-corrected chi connectivity index (χ0v) is 15.9. The van der Waals surface area contributed by atoms with Crippen molar-refractivity contribution in [2.75, 3.05) is 7.11 Å². The Hall–Kier alpha value is -3.29. The maximum atomic E-state index is 12.8. The van der Waals surface area contributed by atoms with Gasteiger partial charge in [0.2, 0.25) is 5.91 Å². The predicted octanol–water partition coefficient (Wildman–Crippen LogP) is 1.85. The first-order valence-corrected chi connectivity index (χ1v) is 9.20. The molecule has 0 saturated heterocycles. The van der Waals surface area contributed by atoms with E-state index in [0.717, 1.165) is 28.4 Å². The minimum Gasteiger partial charge on any atom is -0.497 e. The van der Waals surface area contributed by atoms with Gasteiger partial charge in [-0.1, -0.05) is 19.1 Å². The number of ether oxygens (including phenoxy) is 1. The van der Waals surface area contributed by atoms with Gasteiger partial charge < -0.3 is 9.64 Å². The lowest BCUT2D eigenvalue weighted by atomic mass is 10.1. The van der Waals surface area contributed by atoms with Crippen LogP contribution in [-0.4, -0.2) is 42.6 Å². The van der Waals surface area contributed by atoms with Gasteiger partial charge in [0.15, 0.2) is 0 Å². The lowest BCUT2D eigenvalue weighted by Crippen LogP contribution is -2.32. The largest absolute Gasteiger partial charge is 0.497 e. The molecule has 4 rings (SSSR count). The van der Waals surface area contributed by atoms with Crippen LogP contribution in [0.5, 0.6) is 5.75 Å². The van der Waals surface area contributed by atoms with E-state index in [4.69, 9.17) is 9.72 Å². The Morgan fingerprint density at radius 1 is 1.25 bits per heavy atom. The molecular formula is C20H22N6O2. The summed E-state index contributed by atoms with van der Waals surface area (Å²) >= 11 is 0. The van der Waals surface area contributed by atoms with Crippen molar-refractivity contribution in [3.8, 4) is 5.75 Å². The first-order valence-electron chi connectivity index (χ1n) is 9.20. The maximum absolute atomic E-state index is 12.8. The third-order valence-electron chi connectivity index (χ3n) is 4.89. The summed E-state index contributed by atoms with van der Waals surface area (Å²) in [7, 11) is 1.65. The maximum Gasteiger partial charge on any atom is 0.227 e. The molecule has 1 unspecified atom stereocenters. The third kappa shape index (κ3) is 3.85. The number of carbonyl (C=O) groups is 1. The van der Waals surface area contributed by atoms with Crippen LogP contribution in [0, 0.1) is 5.92 Å². The van der Waals surface area contributed by atoms with Gasteiger partial charge in [-0.3, -0.25) is 9.48 Å². The molecule has 1 amide bonds. The summed E-state index contributed by atoms with van der Waals surface area (Å²) in [6, 6.07) is 7.88. The number of nitrogens with zero attached hydrogens (tertiary/aromatic N) is 6. The fourth-order valence-electron chi connectivity index (χ4n) is 3.36. The van der Waals surface area contributed by atoms with Crippen molar-refractivity contribution in [3.63, 3.8) is 0 Å². The minimum atomic E-state index is -0.178. The average Bonchev–Trinajstić information content (AvgIpc) is 3.37. The van der Waals surface area contributed by atoms with Crippen LogP contribution in [0.1, 0.15) is 29.6 Å². The zero-order chi connectivity index (χ0) is 19.5. The first-order chi connectivity index (χ1) is 13.6. The second-order valence-corrected chi connectivity index (χ2v) is 7.00. The normalized spacial score (nSPS) is 14.0. The van der Waals surface area contributed by atoms with E-state index in [0.29, 0.717) is 26.1 Å². The summed E-state index contributed by atoms with van der Waals surface area (Å²) in [5.41, 5.74) is 3.06. The molecule has 8 heteroatoms. The van der Waals surface area contributed by atoms with Gasteiger partial charge in [0, 0.05) is 24.7 Å². The SMILES string of the molecule is COc1ccc(Cc2ncc3c(n2)CN(C(=O)C(C)Cn2cncn2)C3)cc1. The Labute approximate surface area is 163 Å². The molecule has 0 radical (unpaired) electrons. The van der Waals surface area contributed by atoms with Crippen LogP contribution in [0.25, 0.3) is 0 Å². The summed E-state index contributed by atoms with van der Waals surface area (Å²) in [4.78, 5) is 27.7. The van der Waals surface area contributed by atoms with Gasteiger partial charge in [-0.2, -0.15) is 5.10 Å². The van der Waals surface area contributed by atoms with Crippen molar-refractivity contribution in [1.82, 2.24) is 29.6 Å². The number of fused-ring (bicyclic) bond motifs is 1. The molecule has 1 aliphatic heterocycles. The van der Waals surface area contributed by atoms with Gasteiger partial charge in [-0.15, -0.1) is 0 Å². The van der Waals surface area contributed by atoms with Gasteiger partial charge in [-0.05, 0) is 17.7 Å². The second kappa shape index (κ2) is 7.75. The lowest BCUT2D eigenvalue weighted by Gasteiger charge is -2.19. The number of hydrogen-bond donors (Lipinski definition) is 0. The van der Waals surface area contributed by atoms with Crippen LogP contribution in [0.2, 0.25) is 0 Å². The van der Waals surface area contributed by atoms with Crippen molar-refractivity contribution in [2.24, 2.45) is 5.92 Å². The standard InChI is InChI=1S/C20H22N6O2/c1-14(9-26-13-21-12-23-26)20(27)25-10-16-8-22-19(24-18(16)11-25)7-15-3-5-17(28-2)6-4-15/h3-6,8,12-14H,7,9-11H2,1-2H3. The van der Waals surface area contributed by atoms with E-state index < -0.39 is 0 Å². The molecule has 0 fully saturated rings. The van der Waals surface area contributed by atoms with Crippen LogP contribution >= 0.6 is 0 Å². The molecule has 28 heavy (non-hydrogen) atoms. The highest BCUT2D eigenvalue weighted by molar-refractivity contribution is 5.79. The van der Waals surface area contributed by atoms with E-state index in [1.165, 1.54) is 6.33 Å². The third-order valence-corrected chi connectivity index (χ3v) is 4.89. The number of carbonyl (C=O) groups excluding carboxylic acids is 1. The summed E-state index contributed by atoms with van der Waals surface area (Å²) in [5, 5.41) is 4.07. The van der Waals surface area contributed by atoms with Gasteiger partial charge in [0.1, 0.15) is 24.2 Å². The Morgan fingerprint density at radius 2 is 2.07 bits per heavy atom. The molecule has 0 saturated carbocycles. The molecule has 1 aromatic carbocycles. The first kappa shape index (κ1) is 18.1. The molecule has 1 aliphatic rings. The summed E-state index contributed by atoms with van der Waals surface area (Å²) in [5.74, 6) is 1.50. The van der Waals surface area contributed by atoms with Crippen LogP contribution in [0.3, 0.4) is 0 Å². The van der Waals surface area contributed by atoms with Gasteiger partial charge in [0.25, 0.3) is 0 Å². The highest BCUT2D eigenvalue weighted by Gasteiger charge is 2.28. The average molecular weight is 378 g/mol. The quantitative estimate of drug-likeness (QED) is 0.651. The summed E-state index contributed by atoms with van der Waals surface area (Å²) in [6.45, 7) is 3.50. The highest BCUT2D eigenvalue weighted by Crippen LogP contribution is 2.23. The number of hydrogen-bond acceptors (Lipinski definition) is 6. The molecule has 0 spiro atoms. The van der Waals surface area contributed by atoms with E-state index in [1.807, 2.05) is 42.3 Å². The predicted molar refractivity (Wildman–Crippen MR) is 101 cm³/mol. The Kier molecular flexibility index (Phi) is 5.01. The van der Waals surface area contributed by atoms with E-state index in [2.05, 4.69) is 15.1 Å². The van der Waals surface area contributed by atoms with Crippen LogP contribution in [-0.2, 0) is 30.8 Å². The fourth-order valence-corrected chi connectivity index (χ4v) is 3.36. The van der Waals surface area contributed by atoms with Gasteiger partial charge in [-0.25, -0.2) is 15.0 Å². The molecule has 2 aromatic heterocycles. The van der Waals surface area contributed by atoms with Gasteiger partial charge >= 0.3 is 0 Å². The van der Waals surface area contributed by atoms with Crippen LogP contribution < -0.4 is 4.74 Å². The molecule has 1 atom stereocenters. The Morgan fingerprint density at radius 3 is 2.79 bits per heavy atom. The Bertz CT molecular complexity index is 955. The smallest absolute Gasteiger partial charge is 0.227 e. The summed E-state index contributed by atoms with van der Waals surface area (Å²) < 4.78 is 6.87. The molecule has 0 aliphatic carbocycles.